The predicted octanol–water partition coefficient (Wildman–Crippen LogP) is 3.59. The molecule has 0 radical (unpaired) electrons. The van der Waals surface area contributed by atoms with Gasteiger partial charge in [-0.1, -0.05) is 0 Å². The van der Waals surface area contributed by atoms with E-state index in [0.717, 1.165) is 0 Å². The molecule has 0 bridgehead atoms. The number of carbonyl (C=O) groups excluding carboxylic acids is 1. The van der Waals surface area contributed by atoms with Gasteiger partial charge in [-0.25, -0.2) is 13.2 Å². The molecule has 1 nitrogen and oxygen atoms in total. The van der Waals surface area contributed by atoms with Gasteiger partial charge in [0.05, 0.1) is 5.56 Å². The maximum absolute atomic E-state index is 13.3. The highest BCUT2D eigenvalue weighted by Crippen LogP contribution is 2.18. The van der Waals surface area contributed by atoms with E-state index in [-0.39, 0.29) is 6.42 Å². The summed E-state index contributed by atoms with van der Waals surface area (Å²) >= 11 is 1.39. The minimum absolute atomic E-state index is 0.0943. The van der Waals surface area contributed by atoms with Gasteiger partial charge in [0.25, 0.3) is 0 Å². The summed E-state index contributed by atoms with van der Waals surface area (Å²) < 4.78 is 39.2. The lowest BCUT2D eigenvalue weighted by atomic mass is 10.0. The van der Waals surface area contributed by atoms with Gasteiger partial charge in [0.15, 0.2) is 5.78 Å². The Bertz CT molecular complexity index is 526. The van der Waals surface area contributed by atoms with Gasteiger partial charge in [0, 0.05) is 18.6 Å². The zero-order valence-corrected chi connectivity index (χ0v) is 9.36. The van der Waals surface area contributed by atoms with Crippen molar-refractivity contribution in [2.24, 2.45) is 0 Å². The normalized spacial score (nSPS) is 10.5. The summed E-state index contributed by atoms with van der Waals surface area (Å²) in [6, 6.07) is 2.70. The highest BCUT2D eigenvalue weighted by Gasteiger charge is 2.19. The summed E-state index contributed by atoms with van der Waals surface area (Å²) in [5.41, 5.74) is 0.000671. The Kier molecular flexibility index (Phi) is 3.28. The number of thiophene rings is 1. The molecule has 0 atom stereocenters. The molecule has 1 aromatic carbocycles. The molecule has 0 unspecified atom stereocenters. The van der Waals surface area contributed by atoms with Crippen molar-refractivity contribution >= 4 is 17.1 Å². The van der Waals surface area contributed by atoms with Crippen molar-refractivity contribution in [3.8, 4) is 0 Å². The molecule has 17 heavy (non-hydrogen) atoms. The molecule has 0 fully saturated rings. The number of halogens is 3. The van der Waals surface area contributed by atoms with Gasteiger partial charge in [-0.2, -0.15) is 11.3 Å². The number of rotatable bonds is 3. The summed E-state index contributed by atoms with van der Waals surface area (Å²) in [7, 11) is 0. The van der Waals surface area contributed by atoms with Crippen LogP contribution in [0.4, 0.5) is 13.2 Å². The van der Waals surface area contributed by atoms with Crippen LogP contribution in [-0.4, -0.2) is 5.78 Å². The summed E-state index contributed by atoms with van der Waals surface area (Å²) in [6.45, 7) is 0. The van der Waals surface area contributed by atoms with Crippen LogP contribution < -0.4 is 0 Å². The zero-order valence-electron chi connectivity index (χ0n) is 8.54. The van der Waals surface area contributed by atoms with E-state index in [0.29, 0.717) is 17.7 Å². The molecule has 88 valence electrons. The van der Waals surface area contributed by atoms with Crippen molar-refractivity contribution < 1.29 is 18.0 Å². The van der Waals surface area contributed by atoms with E-state index in [1.54, 1.807) is 16.8 Å². The highest BCUT2D eigenvalue weighted by molar-refractivity contribution is 7.08. The molecular weight excluding hydrogens is 249 g/mol. The van der Waals surface area contributed by atoms with E-state index < -0.39 is 28.8 Å². The Labute approximate surface area is 99.5 Å². The Hall–Kier alpha value is -1.62. The summed E-state index contributed by atoms with van der Waals surface area (Å²) in [4.78, 5) is 11.7. The smallest absolute Gasteiger partial charge is 0.173 e. The number of hydrogen-bond donors (Lipinski definition) is 0. The molecule has 1 heterocycles. The molecule has 1 aromatic heterocycles. The molecule has 0 saturated heterocycles. The van der Waals surface area contributed by atoms with Gasteiger partial charge in [-0.3, -0.25) is 4.79 Å². The number of ketones is 1. The molecule has 2 rings (SSSR count). The number of benzene rings is 1. The van der Waals surface area contributed by atoms with Crippen molar-refractivity contribution in [3.05, 3.63) is 57.5 Å². The van der Waals surface area contributed by atoms with Gasteiger partial charge in [0.2, 0.25) is 0 Å². The second kappa shape index (κ2) is 4.71. The fraction of sp³-hybridized carbons (Fsp3) is 0.0833. The van der Waals surface area contributed by atoms with Crippen molar-refractivity contribution in [2.45, 2.75) is 6.42 Å². The van der Waals surface area contributed by atoms with Crippen molar-refractivity contribution in [3.63, 3.8) is 0 Å². The van der Waals surface area contributed by atoms with Gasteiger partial charge in [-0.05, 0) is 22.4 Å². The largest absolute Gasteiger partial charge is 0.294 e. The number of hydrogen-bond acceptors (Lipinski definition) is 2. The van der Waals surface area contributed by atoms with Crippen molar-refractivity contribution in [1.82, 2.24) is 0 Å². The maximum atomic E-state index is 13.3. The number of carbonyl (C=O) groups is 1. The van der Waals surface area contributed by atoms with E-state index in [9.17, 15) is 18.0 Å². The third kappa shape index (κ3) is 2.55. The zero-order chi connectivity index (χ0) is 12.4. The summed E-state index contributed by atoms with van der Waals surface area (Å²) in [6.07, 6.45) is -0.0943. The quantitative estimate of drug-likeness (QED) is 0.767. The van der Waals surface area contributed by atoms with E-state index in [2.05, 4.69) is 0 Å². The fourth-order valence-corrected chi connectivity index (χ4v) is 2.14. The van der Waals surface area contributed by atoms with Crippen LogP contribution in [0.5, 0.6) is 0 Å². The van der Waals surface area contributed by atoms with Crippen molar-refractivity contribution in [1.29, 1.82) is 0 Å². The van der Waals surface area contributed by atoms with Gasteiger partial charge < -0.3 is 0 Å². The van der Waals surface area contributed by atoms with Crippen LogP contribution in [0.2, 0.25) is 0 Å². The Morgan fingerprint density at radius 3 is 2.35 bits per heavy atom. The van der Waals surface area contributed by atoms with Gasteiger partial charge in [0.1, 0.15) is 17.5 Å². The second-order valence-corrected chi connectivity index (χ2v) is 4.26. The average molecular weight is 256 g/mol. The lowest BCUT2D eigenvalue weighted by molar-refractivity contribution is 0.0985. The Morgan fingerprint density at radius 1 is 1.18 bits per heavy atom. The van der Waals surface area contributed by atoms with Gasteiger partial charge in [-0.15, -0.1) is 0 Å². The van der Waals surface area contributed by atoms with Crippen molar-refractivity contribution in [2.75, 3.05) is 0 Å². The first-order valence-electron chi connectivity index (χ1n) is 4.76. The first kappa shape index (κ1) is 11.9. The van der Waals surface area contributed by atoms with Crippen LogP contribution in [0.1, 0.15) is 15.9 Å². The van der Waals surface area contributed by atoms with Crippen LogP contribution in [0, 0.1) is 17.5 Å². The predicted molar refractivity (Wildman–Crippen MR) is 58.7 cm³/mol. The third-order valence-corrected chi connectivity index (χ3v) is 2.96. The third-order valence-electron chi connectivity index (χ3n) is 2.23. The topological polar surface area (TPSA) is 17.1 Å². The molecule has 0 saturated carbocycles. The molecule has 0 N–H and O–H groups in total. The monoisotopic (exact) mass is 256 g/mol. The lowest BCUT2D eigenvalue weighted by Crippen LogP contribution is -2.09. The molecule has 0 aliphatic carbocycles. The summed E-state index contributed by atoms with van der Waals surface area (Å²) in [5.74, 6) is -4.06. The minimum Gasteiger partial charge on any atom is -0.294 e. The standard InChI is InChI=1S/C12H7F3OS/c13-8-4-9(14)12(10(15)5-8)11(16)3-7-1-2-17-6-7/h1-2,4-6H,3H2. The van der Waals surface area contributed by atoms with E-state index in [1.807, 2.05) is 0 Å². The van der Waals surface area contributed by atoms with E-state index >= 15 is 0 Å². The van der Waals surface area contributed by atoms with E-state index in [4.69, 9.17) is 0 Å². The minimum atomic E-state index is -1.16. The first-order valence-corrected chi connectivity index (χ1v) is 5.71. The second-order valence-electron chi connectivity index (χ2n) is 3.48. The Balaban J connectivity index is 2.31. The Morgan fingerprint density at radius 2 is 1.82 bits per heavy atom. The molecule has 5 heteroatoms. The fourth-order valence-electron chi connectivity index (χ4n) is 1.48. The van der Waals surface area contributed by atoms with E-state index in [1.165, 1.54) is 11.3 Å². The first-order chi connectivity index (χ1) is 8.08. The molecule has 0 spiro atoms. The summed E-state index contributed by atoms with van der Waals surface area (Å²) in [5, 5.41) is 3.48. The molecule has 0 aliphatic rings. The molecule has 2 aromatic rings. The average Bonchev–Trinajstić information content (AvgIpc) is 2.68. The molecule has 0 amide bonds. The van der Waals surface area contributed by atoms with Crippen LogP contribution >= 0.6 is 11.3 Å². The van der Waals surface area contributed by atoms with Crippen LogP contribution in [0.25, 0.3) is 0 Å². The van der Waals surface area contributed by atoms with Crippen LogP contribution in [0.3, 0.4) is 0 Å². The molecular formula is C12H7F3OS. The highest BCUT2D eigenvalue weighted by atomic mass is 32.1. The van der Waals surface area contributed by atoms with Crippen LogP contribution in [0.15, 0.2) is 29.0 Å². The lowest BCUT2D eigenvalue weighted by Gasteiger charge is -2.03. The number of Topliss-reactive ketones (excluding diaryl/α,β-unsaturated/α-hetero) is 1. The molecule has 0 aliphatic heterocycles. The maximum Gasteiger partial charge on any atom is 0.173 e. The van der Waals surface area contributed by atoms with Gasteiger partial charge >= 0.3 is 0 Å². The van der Waals surface area contributed by atoms with Crippen LogP contribution in [-0.2, 0) is 6.42 Å². The SMILES string of the molecule is O=C(Cc1ccsc1)c1c(F)cc(F)cc1F.